The predicted octanol–water partition coefficient (Wildman–Crippen LogP) is 1.18. The maximum atomic E-state index is 12.2. The number of nitrogens with zero attached hydrogens (tertiary/aromatic N) is 5. The van der Waals surface area contributed by atoms with Gasteiger partial charge in [-0.2, -0.15) is 0 Å². The van der Waals surface area contributed by atoms with Crippen molar-refractivity contribution >= 4 is 22.9 Å². The number of fused-ring (bicyclic) bond motifs is 1. The first-order valence-electron chi connectivity index (χ1n) is 11.7. The van der Waals surface area contributed by atoms with E-state index >= 15 is 0 Å². The number of aromatic nitrogens is 5. The molecule has 1 aliphatic heterocycles. The lowest BCUT2D eigenvalue weighted by Gasteiger charge is -2.17. The Balaban J connectivity index is 1.57. The quantitative estimate of drug-likeness (QED) is 0.288. The van der Waals surface area contributed by atoms with E-state index in [0.29, 0.717) is 34.9 Å². The van der Waals surface area contributed by atoms with Gasteiger partial charge in [0.2, 0.25) is 0 Å². The van der Waals surface area contributed by atoms with Crippen LogP contribution in [0.2, 0.25) is 0 Å². The highest BCUT2D eigenvalue weighted by Gasteiger charge is 2.47. The van der Waals surface area contributed by atoms with E-state index in [4.69, 9.17) is 19.4 Å². The van der Waals surface area contributed by atoms with Gasteiger partial charge in [0, 0.05) is 31.5 Å². The molecule has 4 heterocycles. The Kier molecular flexibility index (Phi) is 6.70. The number of hydrogen-bond acceptors (Lipinski definition) is 10. The number of pyridine rings is 1. The van der Waals surface area contributed by atoms with Crippen molar-refractivity contribution in [2.24, 2.45) is 0 Å². The molecule has 1 amide bonds. The van der Waals surface area contributed by atoms with Gasteiger partial charge in [-0.3, -0.25) is 14.3 Å². The molecule has 192 valence electrons. The molecule has 5 rings (SSSR count). The average Bonchev–Trinajstić information content (AvgIpc) is 3.47. The van der Waals surface area contributed by atoms with E-state index in [0.717, 1.165) is 16.9 Å². The molecular formula is C25H27N7O5. The smallest absolute Gasteiger partial charge is 0.251 e. The predicted molar refractivity (Wildman–Crippen MR) is 134 cm³/mol. The number of aliphatic hydroxyl groups is 2. The Labute approximate surface area is 212 Å². The average molecular weight is 506 g/mol. The van der Waals surface area contributed by atoms with Crippen LogP contribution in [0.25, 0.3) is 22.6 Å². The minimum atomic E-state index is -1.42. The fraction of sp³-hybridized carbons (Fsp3) is 0.320. The minimum Gasteiger partial charge on any atom is -0.497 e. The van der Waals surface area contributed by atoms with Crippen LogP contribution in [-0.4, -0.2) is 73.1 Å². The van der Waals surface area contributed by atoms with Crippen LogP contribution in [0, 0.1) is 6.92 Å². The Bertz CT molecular complexity index is 1440. The van der Waals surface area contributed by atoms with Crippen molar-refractivity contribution in [1.29, 1.82) is 0 Å². The Hall–Kier alpha value is -4.13. The maximum Gasteiger partial charge on any atom is 0.251 e. The highest BCUT2D eigenvalue weighted by Crippen LogP contribution is 2.33. The first-order valence-corrected chi connectivity index (χ1v) is 11.7. The van der Waals surface area contributed by atoms with E-state index in [1.165, 1.54) is 17.9 Å². The molecule has 12 nitrogen and oxygen atoms in total. The fourth-order valence-electron chi connectivity index (χ4n) is 4.25. The Morgan fingerprint density at radius 3 is 2.78 bits per heavy atom. The second kappa shape index (κ2) is 10.1. The number of imidazole rings is 1. The summed E-state index contributed by atoms with van der Waals surface area (Å²) in [4.78, 5) is 30.3. The highest BCUT2D eigenvalue weighted by atomic mass is 16.6. The van der Waals surface area contributed by atoms with Crippen molar-refractivity contribution < 1.29 is 24.5 Å². The van der Waals surface area contributed by atoms with Crippen molar-refractivity contribution in [1.82, 2.24) is 29.8 Å². The van der Waals surface area contributed by atoms with Gasteiger partial charge in [0.05, 0.1) is 13.4 Å². The molecule has 0 radical (unpaired) electrons. The van der Waals surface area contributed by atoms with E-state index in [1.54, 1.807) is 19.5 Å². The van der Waals surface area contributed by atoms with Crippen LogP contribution in [0.1, 0.15) is 17.4 Å². The maximum absolute atomic E-state index is 12.2. The molecule has 4 aromatic rings. The summed E-state index contributed by atoms with van der Waals surface area (Å²) in [7, 11) is 3.04. The van der Waals surface area contributed by atoms with Gasteiger partial charge in [0.1, 0.15) is 18.0 Å². The molecule has 12 heteroatoms. The van der Waals surface area contributed by atoms with Crippen LogP contribution in [-0.2, 0) is 16.1 Å². The van der Waals surface area contributed by atoms with E-state index in [2.05, 4.69) is 20.6 Å². The van der Waals surface area contributed by atoms with Gasteiger partial charge in [-0.1, -0.05) is 12.1 Å². The lowest BCUT2D eigenvalue weighted by atomic mass is 10.1. The molecule has 0 unspecified atom stereocenters. The van der Waals surface area contributed by atoms with Crippen LogP contribution < -0.4 is 15.4 Å². The van der Waals surface area contributed by atoms with Crippen LogP contribution >= 0.6 is 0 Å². The molecule has 4 N–H and O–H groups in total. The molecule has 1 fully saturated rings. The monoisotopic (exact) mass is 505 g/mol. The highest BCUT2D eigenvalue weighted by molar-refractivity contribution is 5.85. The van der Waals surface area contributed by atoms with Crippen molar-refractivity contribution in [2.45, 2.75) is 38.0 Å². The summed E-state index contributed by atoms with van der Waals surface area (Å²) in [6.45, 7) is 2.35. The molecule has 1 aromatic carbocycles. The molecule has 37 heavy (non-hydrogen) atoms. The van der Waals surface area contributed by atoms with Gasteiger partial charge in [0.25, 0.3) is 5.91 Å². The van der Waals surface area contributed by atoms with E-state index in [-0.39, 0.29) is 0 Å². The third kappa shape index (κ3) is 4.69. The number of amides is 1. The molecule has 4 atom stereocenters. The summed E-state index contributed by atoms with van der Waals surface area (Å²) < 4.78 is 12.6. The second-order valence-corrected chi connectivity index (χ2v) is 8.72. The number of benzene rings is 1. The number of hydrogen-bond donors (Lipinski definition) is 4. The molecule has 0 spiro atoms. The van der Waals surface area contributed by atoms with E-state index < -0.39 is 30.4 Å². The third-order valence-corrected chi connectivity index (χ3v) is 6.17. The van der Waals surface area contributed by atoms with Crippen LogP contribution in [0.4, 0.5) is 5.82 Å². The van der Waals surface area contributed by atoms with Gasteiger partial charge in [-0.25, -0.2) is 15.0 Å². The fourth-order valence-corrected chi connectivity index (χ4v) is 4.25. The Morgan fingerprint density at radius 1 is 1.19 bits per heavy atom. The zero-order valence-corrected chi connectivity index (χ0v) is 20.5. The van der Waals surface area contributed by atoms with Crippen LogP contribution in [0.3, 0.4) is 0 Å². The number of anilines is 1. The van der Waals surface area contributed by atoms with E-state index in [1.807, 2.05) is 37.3 Å². The number of methoxy groups -OCH3 is 1. The van der Waals surface area contributed by atoms with Crippen LogP contribution in [0.5, 0.6) is 5.75 Å². The van der Waals surface area contributed by atoms with Crippen LogP contribution in [0.15, 0.2) is 49.1 Å². The number of rotatable bonds is 7. The van der Waals surface area contributed by atoms with E-state index in [9.17, 15) is 15.0 Å². The van der Waals surface area contributed by atoms with Gasteiger partial charge >= 0.3 is 0 Å². The van der Waals surface area contributed by atoms with Gasteiger partial charge in [-0.05, 0) is 36.2 Å². The zero-order chi connectivity index (χ0) is 26.1. The molecule has 1 aliphatic rings. The first-order chi connectivity index (χ1) is 17.9. The minimum absolute atomic E-state index is 0.355. The Morgan fingerprint density at radius 2 is 2.03 bits per heavy atom. The number of carbonyl (C=O) groups excluding carboxylic acids is 1. The standard InChI is InChI=1S/C25H27N7O5/c1-13-7-15(11-27-9-13)21-30-22(28-10-14-5-4-6-16(8-14)36-3)17-23(31-21)32(12-29-17)25-19(34)18(33)20(37-25)24(35)26-2/h4-9,11-12,18-20,25,33-34H,10H2,1-3H3,(H,26,35)(H,28,30,31)/t18-,19+,20-,25+/m0/s1. The SMILES string of the molecule is CNC(=O)[C@H]1O[C@@H](n2cnc3c(NCc4cccc(OC)c4)nc(-c4cncc(C)c4)nc32)[C@H](O)[C@@H]1O. The number of aryl methyl sites for hydroxylation is 1. The molecule has 0 saturated carbocycles. The topological polar surface area (TPSA) is 157 Å². The van der Waals surface area contributed by atoms with Gasteiger partial charge in [0.15, 0.2) is 35.1 Å². The first kappa shape index (κ1) is 24.6. The lowest BCUT2D eigenvalue weighted by Crippen LogP contribution is -2.41. The molecule has 1 saturated heterocycles. The van der Waals surface area contributed by atoms with Crippen molar-refractivity contribution in [2.75, 3.05) is 19.5 Å². The molecular weight excluding hydrogens is 478 g/mol. The molecule has 0 bridgehead atoms. The number of aliphatic hydroxyl groups excluding tert-OH is 2. The number of carbonyl (C=O) groups is 1. The second-order valence-electron chi connectivity index (χ2n) is 8.72. The number of likely N-dealkylation sites (N-methyl/N-ethyl adjacent to an activating group) is 1. The normalized spacial score (nSPS) is 21.2. The lowest BCUT2D eigenvalue weighted by molar-refractivity contribution is -0.137. The van der Waals surface area contributed by atoms with Gasteiger partial charge < -0.3 is 30.3 Å². The summed E-state index contributed by atoms with van der Waals surface area (Å²) >= 11 is 0. The largest absolute Gasteiger partial charge is 0.497 e. The third-order valence-electron chi connectivity index (χ3n) is 6.17. The molecule has 0 aliphatic carbocycles. The van der Waals surface area contributed by atoms with Crippen molar-refractivity contribution in [3.05, 3.63) is 60.2 Å². The summed E-state index contributed by atoms with van der Waals surface area (Å²) in [5.41, 5.74) is 3.38. The van der Waals surface area contributed by atoms with Crippen molar-refractivity contribution in [3.8, 4) is 17.1 Å². The molecule has 3 aromatic heterocycles. The summed E-state index contributed by atoms with van der Waals surface area (Å²) in [6, 6.07) is 9.55. The number of nitrogens with one attached hydrogen (secondary N) is 2. The summed E-state index contributed by atoms with van der Waals surface area (Å²) in [6.07, 6.45) is -0.296. The summed E-state index contributed by atoms with van der Waals surface area (Å²) in [5, 5.41) is 26.9. The zero-order valence-electron chi connectivity index (χ0n) is 20.5. The number of ether oxygens (including phenoxy) is 2. The van der Waals surface area contributed by atoms with Crippen molar-refractivity contribution in [3.63, 3.8) is 0 Å². The van der Waals surface area contributed by atoms with Gasteiger partial charge in [-0.15, -0.1) is 0 Å². The summed E-state index contributed by atoms with van der Waals surface area (Å²) in [5.74, 6) is 1.04.